The van der Waals surface area contributed by atoms with Crippen LogP contribution in [0.3, 0.4) is 0 Å². The van der Waals surface area contributed by atoms with Gasteiger partial charge in [0.2, 0.25) is 0 Å². The van der Waals surface area contributed by atoms with Crippen molar-refractivity contribution in [2.75, 3.05) is 6.54 Å². The monoisotopic (exact) mass is 202 g/mol. The molecule has 1 aromatic carbocycles. The van der Waals surface area contributed by atoms with Gasteiger partial charge in [-0.25, -0.2) is 0 Å². The molecule has 15 heavy (non-hydrogen) atoms. The molecule has 1 unspecified atom stereocenters. The van der Waals surface area contributed by atoms with Crippen LogP contribution in [0.4, 0.5) is 0 Å². The van der Waals surface area contributed by atoms with Gasteiger partial charge in [-0.05, 0) is 30.2 Å². The van der Waals surface area contributed by atoms with E-state index in [0.717, 1.165) is 24.6 Å². The topological polar surface area (TPSA) is 35.8 Å². The van der Waals surface area contributed by atoms with Crippen molar-refractivity contribution in [1.29, 1.82) is 5.26 Å². The van der Waals surface area contributed by atoms with Crippen LogP contribution in [0.15, 0.2) is 24.3 Å². The van der Waals surface area contributed by atoms with Gasteiger partial charge in [-0.1, -0.05) is 32.4 Å². The first kappa shape index (κ1) is 11.7. The van der Waals surface area contributed by atoms with Crippen molar-refractivity contribution in [3.05, 3.63) is 35.4 Å². The Bertz CT molecular complexity index is 321. The van der Waals surface area contributed by atoms with E-state index in [0.29, 0.717) is 0 Å². The summed E-state index contributed by atoms with van der Waals surface area (Å²) in [5, 5.41) is 12.1. The second kappa shape index (κ2) is 6.21. The van der Waals surface area contributed by atoms with Crippen LogP contribution in [0.25, 0.3) is 0 Å². The number of nitrogens with zero attached hydrogens (tertiary/aromatic N) is 1. The number of nitrogens with one attached hydrogen (secondary N) is 1. The zero-order chi connectivity index (χ0) is 11.1. The minimum atomic E-state index is 0.723. The van der Waals surface area contributed by atoms with Gasteiger partial charge in [0.1, 0.15) is 0 Å². The van der Waals surface area contributed by atoms with E-state index in [4.69, 9.17) is 5.26 Å². The van der Waals surface area contributed by atoms with E-state index in [1.807, 2.05) is 24.3 Å². The lowest BCUT2D eigenvalue weighted by Gasteiger charge is -2.09. The summed E-state index contributed by atoms with van der Waals surface area (Å²) < 4.78 is 0. The number of benzene rings is 1. The van der Waals surface area contributed by atoms with Crippen molar-refractivity contribution >= 4 is 0 Å². The van der Waals surface area contributed by atoms with E-state index in [2.05, 4.69) is 25.2 Å². The first-order valence-corrected chi connectivity index (χ1v) is 5.46. The maximum atomic E-state index is 8.64. The summed E-state index contributed by atoms with van der Waals surface area (Å²) >= 11 is 0. The number of hydrogen-bond acceptors (Lipinski definition) is 2. The summed E-state index contributed by atoms with van der Waals surface area (Å²) in [4.78, 5) is 0. The minimum Gasteiger partial charge on any atom is -0.312 e. The fourth-order valence-corrected chi connectivity index (χ4v) is 1.30. The summed E-state index contributed by atoms with van der Waals surface area (Å²) in [7, 11) is 0. The molecule has 2 heteroatoms. The predicted octanol–water partition coefficient (Wildman–Crippen LogP) is 2.69. The predicted molar refractivity (Wildman–Crippen MR) is 62.3 cm³/mol. The standard InChI is InChI=1S/C13H18N2/c1-3-11(2)9-15-10-13-6-4-12(8-14)5-7-13/h4-7,11,15H,3,9-10H2,1-2H3. The Kier molecular flexibility index (Phi) is 4.86. The molecule has 80 valence electrons. The fraction of sp³-hybridized carbons (Fsp3) is 0.462. The second-order valence-corrected chi connectivity index (χ2v) is 3.95. The third kappa shape index (κ3) is 4.14. The summed E-state index contributed by atoms with van der Waals surface area (Å²) in [5.74, 6) is 0.725. The molecule has 0 saturated carbocycles. The lowest BCUT2D eigenvalue weighted by molar-refractivity contribution is 0.500. The third-order valence-electron chi connectivity index (χ3n) is 2.60. The number of rotatable bonds is 5. The van der Waals surface area contributed by atoms with Gasteiger partial charge in [-0.3, -0.25) is 0 Å². The van der Waals surface area contributed by atoms with Crippen LogP contribution < -0.4 is 5.32 Å². The summed E-state index contributed by atoms with van der Waals surface area (Å²) in [6, 6.07) is 9.84. The zero-order valence-corrected chi connectivity index (χ0v) is 9.46. The third-order valence-corrected chi connectivity index (χ3v) is 2.60. The van der Waals surface area contributed by atoms with E-state index in [1.54, 1.807) is 0 Å². The molecule has 1 N–H and O–H groups in total. The Morgan fingerprint density at radius 1 is 1.33 bits per heavy atom. The molecular formula is C13H18N2. The highest BCUT2D eigenvalue weighted by Gasteiger charge is 1.98. The molecule has 0 radical (unpaired) electrons. The first-order valence-electron chi connectivity index (χ1n) is 5.46. The highest BCUT2D eigenvalue weighted by molar-refractivity contribution is 5.31. The molecule has 0 aromatic heterocycles. The van der Waals surface area contributed by atoms with Gasteiger partial charge in [0.15, 0.2) is 0 Å². The number of nitriles is 1. The van der Waals surface area contributed by atoms with Crippen molar-refractivity contribution < 1.29 is 0 Å². The fourth-order valence-electron chi connectivity index (χ4n) is 1.30. The van der Waals surface area contributed by atoms with Crippen LogP contribution in [0.5, 0.6) is 0 Å². The van der Waals surface area contributed by atoms with Crippen LogP contribution in [-0.4, -0.2) is 6.54 Å². The van der Waals surface area contributed by atoms with E-state index in [1.165, 1.54) is 12.0 Å². The Hall–Kier alpha value is -1.33. The van der Waals surface area contributed by atoms with Gasteiger partial charge in [0.25, 0.3) is 0 Å². The molecule has 0 saturated heterocycles. The van der Waals surface area contributed by atoms with Gasteiger partial charge in [-0.15, -0.1) is 0 Å². The lowest BCUT2D eigenvalue weighted by Crippen LogP contribution is -2.20. The largest absolute Gasteiger partial charge is 0.312 e. The van der Waals surface area contributed by atoms with Crippen molar-refractivity contribution in [1.82, 2.24) is 5.32 Å². The van der Waals surface area contributed by atoms with Crippen LogP contribution in [0, 0.1) is 17.2 Å². The van der Waals surface area contributed by atoms with E-state index in [-0.39, 0.29) is 0 Å². The summed E-state index contributed by atoms with van der Waals surface area (Å²) in [6.07, 6.45) is 1.21. The van der Waals surface area contributed by atoms with Gasteiger partial charge in [-0.2, -0.15) is 5.26 Å². The molecule has 1 aromatic rings. The van der Waals surface area contributed by atoms with Crippen LogP contribution in [0.2, 0.25) is 0 Å². The normalized spacial score (nSPS) is 12.1. The van der Waals surface area contributed by atoms with Gasteiger partial charge in [0, 0.05) is 6.54 Å². The molecule has 1 rings (SSSR count). The Balaban J connectivity index is 2.35. The SMILES string of the molecule is CCC(C)CNCc1ccc(C#N)cc1. The molecule has 0 aliphatic heterocycles. The Labute approximate surface area is 91.9 Å². The van der Waals surface area contributed by atoms with Crippen molar-refractivity contribution in [3.8, 4) is 6.07 Å². The first-order chi connectivity index (χ1) is 7.26. The Morgan fingerprint density at radius 2 is 2.00 bits per heavy atom. The average molecular weight is 202 g/mol. The van der Waals surface area contributed by atoms with Gasteiger partial charge < -0.3 is 5.32 Å². The van der Waals surface area contributed by atoms with Gasteiger partial charge >= 0.3 is 0 Å². The summed E-state index contributed by atoms with van der Waals surface area (Å²) in [5.41, 5.74) is 1.96. The highest BCUT2D eigenvalue weighted by Crippen LogP contribution is 2.03. The maximum absolute atomic E-state index is 8.64. The molecule has 0 heterocycles. The van der Waals surface area contributed by atoms with Crippen molar-refractivity contribution in [2.24, 2.45) is 5.92 Å². The summed E-state index contributed by atoms with van der Waals surface area (Å²) in [6.45, 7) is 6.38. The molecule has 0 aliphatic carbocycles. The van der Waals surface area contributed by atoms with E-state index < -0.39 is 0 Å². The number of hydrogen-bond donors (Lipinski definition) is 1. The van der Waals surface area contributed by atoms with E-state index in [9.17, 15) is 0 Å². The highest BCUT2D eigenvalue weighted by atomic mass is 14.8. The van der Waals surface area contributed by atoms with E-state index >= 15 is 0 Å². The molecule has 2 nitrogen and oxygen atoms in total. The van der Waals surface area contributed by atoms with Crippen molar-refractivity contribution in [2.45, 2.75) is 26.8 Å². The van der Waals surface area contributed by atoms with Crippen molar-refractivity contribution in [3.63, 3.8) is 0 Å². The quantitative estimate of drug-likeness (QED) is 0.796. The molecule has 0 amide bonds. The zero-order valence-electron chi connectivity index (χ0n) is 9.46. The average Bonchev–Trinajstić information content (AvgIpc) is 2.29. The second-order valence-electron chi connectivity index (χ2n) is 3.95. The molecule has 0 bridgehead atoms. The molecule has 1 atom stereocenters. The van der Waals surface area contributed by atoms with Gasteiger partial charge in [0.05, 0.1) is 11.6 Å². The maximum Gasteiger partial charge on any atom is 0.0991 e. The molecule has 0 spiro atoms. The smallest absolute Gasteiger partial charge is 0.0991 e. The van der Waals surface area contributed by atoms with Crippen LogP contribution in [0.1, 0.15) is 31.4 Å². The van der Waals surface area contributed by atoms with Crippen LogP contribution in [-0.2, 0) is 6.54 Å². The lowest BCUT2D eigenvalue weighted by atomic mass is 10.1. The Morgan fingerprint density at radius 3 is 2.53 bits per heavy atom. The van der Waals surface area contributed by atoms with Crippen LogP contribution >= 0.6 is 0 Å². The molecule has 0 fully saturated rings. The molecule has 0 aliphatic rings. The molecular weight excluding hydrogens is 184 g/mol. The minimum absolute atomic E-state index is 0.723.